The molecule has 0 bridgehead atoms. The molecule has 0 amide bonds. The fourth-order valence-electron chi connectivity index (χ4n) is 9.22. The molecule has 0 atom stereocenters. The maximum Gasteiger partial charge on any atom is 2.00 e. The van der Waals surface area contributed by atoms with Crippen LogP contribution in [-0.4, -0.2) is 24.9 Å². The number of benzene rings is 6. The third-order valence-corrected chi connectivity index (χ3v) is 13.3. The van der Waals surface area contributed by atoms with Gasteiger partial charge in [0.1, 0.15) is 0 Å². The van der Waals surface area contributed by atoms with Crippen molar-refractivity contribution in [2.45, 2.75) is 172 Å². The van der Waals surface area contributed by atoms with Gasteiger partial charge in [0, 0.05) is 24.9 Å². The maximum absolute atomic E-state index is 13.5. The summed E-state index contributed by atoms with van der Waals surface area (Å²) in [6.45, 7) is 38.9. The fraction of sp³-hybridized carbons (Fsp3) is 0.394. The standard InChI is InChI=1S/2C33H42N2O.Ni/c2*1-20(2)27-12-10-13-28(21(3)4)31(27)34-18-25-16-24(9)17-26(33(25)36)19-35-32-29(22(5)6)14-11-15-30(32)23(7)8;/h2*10-23,36H,1-9H3;/q;;+2/p-2. The average molecular weight is 1020 g/mol. The van der Waals surface area contributed by atoms with Crippen LogP contribution in [0.4, 0.5) is 22.7 Å². The Kier molecular flexibility index (Phi) is 22.0. The van der Waals surface area contributed by atoms with Crippen molar-refractivity contribution in [3.8, 4) is 11.5 Å². The van der Waals surface area contributed by atoms with Gasteiger partial charge >= 0.3 is 16.5 Å². The molecule has 0 unspecified atom stereocenters. The van der Waals surface area contributed by atoms with Crippen LogP contribution in [0.25, 0.3) is 0 Å². The minimum atomic E-state index is -0.0469. The first kappa shape index (κ1) is 59.7. The van der Waals surface area contributed by atoms with Crippen molar-refractivity contribution in [2.24, 2.45) is 20.0 Å². The van der Waals surface area contributed by atoms with E-state index < -0.39 is 0 Å². The second kappa shape index (κ2) is 26.9. The van der Waals surface area contributed by atoms with Crippen LogP contribution in [-0.2, 0) is 16.5 Å². The third kappa shape index (κ3) is 15.1. The van der Waals surface area contributed by atoms with Gasteiger partial charge in [-0.05, 0) is 139 Å². The van der Waals surface area contributed by atoms with Gasteiger partial charge in [-0.15, -0.1) is 0 Å². The molecule has 6 nitrogen and oxygen atoms in total. The van der Waals surface area contributed by atoms with Crippen LogP contribution >= 0.6 is 0 Å². The SMILES string of the molecule is Cc1cc(C=Nc2c(C(C)C)cccc2C(C)C)c([O-])c(C=Nc2c(C(C)C)cccc2C(C)C)c1.Cc1cc(C=Nc2c(C(C)C)cccc2C(C)C)c([O-])c(C=Nc2c(C(C)C)cccc2C(C)C)c1.[Ni+2]. The number of nitrogens with zero attached hydrogens (tertiary/aromatic N) is 4. The van der Waals surface area contributed by atoms with E-state index in [1.54, 1.807) is 24.9 Å². The van der Waals surface area contributed by atoms with Crippen LogP contribution in [0.3, 0.4) is 0 Å². The Morgan fingerprint density at radius 2 is 0.452 bits per heavy atom. The molecular formula is C66H82N4NiO2. The van der Waals surface area contributed by atoms with Gasteiger partial charge in [0.05, 0.1) is 22.7 Å². The van der Waals surface area contributed by atoms with Gasteiger partial charge in [0.2, 0.25) is 0 Å². The van der Waals surface area contributed by atoms with Crippen LogP contribution < -0.4 is 10.2 Å². The molecule has 0 fully saturated rings. The van der Waals surface area contributed by atoms with Gasteiger partial charge in [-0.3, -0.25) is 20.0 Å². The van der Waals surface area contributed by atoms with Crippen LogP contribution in [0.1, 0.15) is 236 Å². The van der Waals surface area contributed by atoms with E-state index in [0.29, 0.717) is 69.6 Å². The molecule has 0 radical (unpaired) electrons. The second-order valence-electron chi connectivity index (χ2n) is 22.0. The molecule has 0 saturated carbocycles. The molecule has 6 aromatic carbocycles. The molecule has 6 rings (SSSR count). The Labute approximate surface area is 450 Å². The molecule has 6 aromatic rings. The zero-order valence-corrected chi connectivity index (χ0v) is 48.1. The smallest absolute Gasteiger partial charge is 0.872 e. The first-order valence-corrected chi connectivity index (χ1v) is 26.3. The number of rotatable bonds is 16. The van der Waals surface area contributed by atoms with E-state index in [0.717, 1.165) is 33.9 Å². The van der Waals surface area contributed by atoms with Gasteiger partial charge in [0.15, 0.2) is 0 Å². The summed E-state index contributed by atoms with van der Waals surface area (Å²) in [5.74, 6) is 2.68. The number of para-hydroxylation sites is 4. The summed E-state index contributed by atoms with van der Waals surface area (Å²) in [5, 5.41) is 26.9. The molecule has 73 heavy (non-hydrogen) atoms. The zero-order valence-electron chi connectivity index (χ0n) is 47.1. The zero-order chi connectivity index (χ0) is 53.1. The summed E-state index contributed by atoms with van der Waals surface area (Å²) >= 11 is 0. The first-order chi connectivity index (χ1) is 34.0. The van der Waals surface area contributed by atoms with E-state index in [9.17, 15) is 10.2 Å². The molecule has 0 aliphatic carbocycles. The largest absolute Gasteiger partial charge is 2.00 e. The van der Waals surface area contributed by atoms with Crippen molar-refractivity contribution in [1.29, 1.82) is 0 Å². The van der Waals surface area contributed by atoms with Crippen molar-refractivity contribution in [1.82, 2.24) is 0 Å². The summed E-state index contributed by atoms with van der Waals surface area (Å²) in [7, 11) is 0. The molecular weight excluding hydrogens is 939 g/mol. The molecule has 0 aromatic heterocycles. The monoisotopic (exact) mass is 1020 g/mol. The van der Waals surface area contributed by atoms with Crippen molar-refractivity contribution in [3.63, 3.8) is 0 Å². The predicted molar refractivity (Wildman–Crippen MR) is 309 cm³/mol. The summed E-state index contributed by atoms with van der Waals surface area (Å²) in [6, 6.07) is 33.1. The van der Waals surface area contributed by atoms with Crippen LogP contribution in [0.2, 0.25) is 0 Å². The van der Waals surface area contributed by atoms with Crippen molar-refractivity contribution < 1.29 is 26.7 Å². The van der Waals surface area contributed by atoms with Crippen LogP contribution in [0.15, 0.2) is 117 Å². The van der Waals surface area contributed by atoms with E-state index in [4.69, 9.17) is 20.0 Å². The Morgan fingerprint density at radius 1 is 0.301 bits per heavy atom. The minimum Gasteiger partial charge on any atom is -0.872 e. The van der Waals surface area contributed by atoms with Crippen molar-refractivity contribution in [2.75, 3.05) is 0 Å². The molecule has 0 heterocycles. The quantitative estimate of drug-likeness (QED) is 0.0713. The third-order valence-electron chi connectivity index (χ3n) is 13.3. The van der Waals surface area contributed by atoms with E-state index in [-0.39, 0.29) is 28.0 Å². The normalized spacial score (nSPS) is 12.2. The molecule has 0 spiro atoms. The van der Waals surface area contributed by atoms with Crippen molar-refractivity contribution >= 4 is 47.6 Å². The summed E-state index contributed by atoms with van der Waals surface area (Å²) in [6.07, 6.45) is 6.95. The van der Waals surface area contributed by atoms with Gasteiger partial charge in [0.25, 0.3) is 0 Å². The number of hydrogen-bond donors (Lipinski definition) is 0. The Hall–Kier alpha value is -5.91. The van der Waals surface area contributed by atoms with E-state index in [1.807, 2.05) is 38.1 Å². The number of aliphatic imine (C=N–C) groups is 4. The molecule has 388 valence electrons. The molecule has 0 aliphatic heterocycles. The summed E-state index contributed by atoms with van der Waals surface area (Å²) in [5.41, 5.74) is 17.9. The van der Waals surface area contributed by atoms with E-state index >= 15 is 0 Å². The fourth-order valence-corrected chi connectivity index (χ4v) is 9.22. The van der Waals surface area contributed by atoms with Gasteiger partial charge in [-0.25, -0.2) is 0 Å². The molecule has 0 saturated heterocycles. The Morgan fingerprint density at radius 3 is 0.589 bits per heavy atom. The van der Waals surface area contributed by atoms with Crippen molar-refractivity contribution in [3.05, 3.63) is 175 Å². The summed E-state index contributed by atoms with van der Waals surface area (Å²) in [4.78, 5) is 19.5. The Balaban J connectivity index is 0.000000312. The average Bonchev–Trinajstić information content (AvgIpc) is 3.32. The molecule has 0 N–H and O–H groups in total. The Bertz CT molecular complexity index is 2440. The topological polar surface area (TPSA) is 95.6 Å². The van der Waals surface area contributed by atoms with Gasteiger partial charge in [-0.2, -0.15) is 0 Å². The van der Waals surface area contributed by atoms with Gasteiger partial charge in [-0.1, -0.05) is 219 Å². The van der Waals surface area contributed by atoms with Gasteiger partial charge < -0.3 is 10.2 Å². The summed E-state index contributed by atoms with van der Waals surface area (Å²) < 4.78 is 0. The maximum atomic E-state index is 13.5. The molecule has 7 heteroatoms. The first-order valence-electron chi connectivity index (χ1n) is 26.3. The second-order valence-corrected chi connectivity index (χ2v) is 22.0. The number of hydrogen-bond acceptors (Lipinski definition) is 6. The van der Waals surface area contributed by atoms with Crippen LogP contribution in [0.5, 0.6) is 11.5 Å². The predicted octanol–water partition coefficient (Wildman–Crippen LogP) is 18.1. The molecule has 0 aliphatic rings. The minimum absolute atomic E-state index is 0. The van der Waals surface area contributed by atoms with E-state index in [2.05, 4.69) is 184 Å². The van der Waals surface area contributed by atoms with E-state index in [1.165, 1.54) is 44.5 Å². The number of aryl methyl sites for hydroxylation is 2. The van der Waals surface area contributed by atoms with Crippen LogP contribution in [0, 0.1) is 13.8 Å².